The molecule has 0 spiro atoms. The van der Waals surface area contributed by atoms with Crippen LogP contribution in [0.25, 0.3) is 0 Å². The van der Waals surface area contributed by atoms with Crippen molar-refractivity contribution in [3.05, 3.63) is 42.2 Å². The Morgan fingerprint density at radius 3 is 2.83 bits per heavy atom. The summed E-state index contributed by atoms with van der Waals surface area (Å²) < 4.78 is 18.3. The monoisotopic (exact) mass is 252 g/mol. The quantitative estimate of drug-likeness (QED) is 0.567. The van der Waals surface area contributed by atoms with Crippen LogP contribution >= 0.6 is 0 Å². The Morgan fingerprint density at radius 2 is 2.17 bits per heavy atom. The molecule has 0 saturated heterocycles. The van der Waals surface area contributed by atoms with Crippen LogP contribution in [0.3, 0.4) is 0 Å². The van der Waals surface area contributed by atoms with Crippen molar-refractivity contribution >= 4 is 5.97 Å². The highest BCUT2D eigenvalue weighted by molar-refractivity contribution is 5.90. The first-order chi connectivity index (χ1) is 8.65. The molecule has 0 amide bonds. The summed E-state index contributed by atoms with van der Waals surface area (Å²) in [5.74, 6) is -1.52. The van der Waals surface area contributed by atoms with Gasteiger partial charge in [-0.25, -0.2) is 9.18 Å². The minimum Gasteiger partial charge on any atom is -0.493 e. The third-order valence-electron chi connectivity index (χ3n) is 2.48. The molecule has 0 heterocycles. The molecule has 98 valence electrons. The van der Waals surface area contributed by atoms with E-state index in [1.165, 1.54) is 6.07 Å². The Kier molecular flexibility index (Phi) is 5.91. The van der Waals surface area contributed by atoms with Gasteiger partial charge >= 0.3 is 5.97 Å². The second-order valence-electron chi connectivity index (χ2n) is 3.93. The van der Waals surface area contributed by atoms with Crippen molar-refractivity contribution in [2.75, 3.05) is 6.61 Å². The Morgan fingerprint density at radius 1 is 1.39 bits per heavy atom. The molecule has 0 aliphatic carbocycles. The summed E-state index contributed by atoms with van der Waals surface area (Å²) in [4.78, 5) is 10.9. The molecular weight excluding hydrogens is 235 g/mol. The molecule has 1 aromatic rings. The van der Waals surface area contributed by atoms with Gasteiger partial charge in [0.25, 0.3) is 0 Å². The van der Waals surface area contributed by atoms with Crippen LogP contribution in [-0.2, 0) is 0 Å². The van der Waals surface area contributed by atoms with Crippen LogP contribution in [-0.4, -0.2) is 17.7 Å². The van der Waals surface area contributed by atoms with E-state index in [2.05, 4.69) is 6.58 Å². The van der Waals surface area contributed by atoms with Crippen molar-refractivity contribution in [1.82, 2.24) is 0 Å². The van der Waals surface area contributed by atoms with Gasteiger partial charge in [-0.3, -0.25) is 0 Å². The lowest BCUT2D eigenvalue weighted by Crippen LogP contribution is -2.05. The average molecular weight is 252 g/mol. The predicted octanol–water partition coefficient (Wildman–Crippen LogP) is 3.65. The molecule has 3 nitrogen and oxygen atoms in total. The molecule has 4 heteroatoms. The maximum atomic E-state index is 13.0. The molecule has 1 rings (SSSR count). The number of carbonyl (C=O) groups is 1. The molecule has 0 bridgehead atoms. The minimum atomic E-state index is -1.11. The summed E-state index contributed by atoms with van der Waals surface area (Å²) in [6.45, 7) is 4.02. The Balaban J connectivity index is 2.47. The zero-order valence-electron chi connectivity index (χ0n) is 10.2. The van der Waals surface area contributed by atoms with Crippen LogP contribution in [0.5, 0.6) is 5.75 Å². The van der Waals surface area contributed by atoms with Crippen molar-refractivity contribution in [3.8, 4) is 5.75 Å². The lowest BCUT2D eigenvalue weighted by atomic mass is 10.2. The van der Waals surface area contributed by atoms with Crippen LogP contribution in [0.15, 0.2) is 30.9 Å². The summed E-state index contributed by atoms with van der Waals surface area (Å²) in [6, 6.07) is 3.43. The van der Waals surface area contributed by atoms with E-state index in [0.29, 0.717) is 6.61 Å². The molecule has 1 N–H and O–H groups in total. The molecule has 0 unspecified atom stereocenters. The number of allylic oxidation sites excluding steroid dienone is 1. The number of aromatic carboxylic acids is 1. The standard InChI is InChI=1S/C14H17FO3/c1-2-3-4-5-6-9-18-13-10-11(15)7-8-12(13)14(16)17/h2,7-8,10H,1,3-6,9H2,(H,16,17). The molecule has 0 saturated carbocycles. The number of hydrogen-bond acceptors (Lipinski definition) is 2. The van der Waals surface area contributed by atoms with E-state index in [1.54, 1.807) is 0 Å². The van der Waals surface area contributed by atoms with E-state index in [9.17, 15) is 9.18 Å². The topological polar surface area (TPSA) is 46.5 Å². The maximum Gasteiger partial charge on any atom is 0.339 e. The van der Waals surface area contributed by atoms with Gasteiger partial charge in [-0.15, -0.1) is 6.58 Å². The Hall–Kier alpha value is -1.84. The number of carboxylic acids is 1. The van der Waals surface area contributed by atoms with Crippen LogP contribution < -0.4 is 4.74 Å². The van der Waals surface area contributed by atoms with Gasteiger partial charge in [0.15, 0.2) is 0 Å². The van der Waals surface area contributed by atoms with Gasteiger partial charge in [0, 0.05) is 6.07 Å². The molecule has 0 aromatic heterocycles. The fourth-order valence-electron chi connectivity index (χ4n) is 1.54. The van der Waals surface area contributed by atoms with Crippen molar-refractivity contribution in [3.63, 3.8) is 0 Å². The molecule has 0 aliphatic heterocycles. The van der Waals surface area contributed by atoms with E-state index in [-0.39, 0.29) is 11.3 Å². The molecule has 0 atom stereocenters. The molecule has 1 aromatic carbocycles. The van der Waals surface area contributed by atoms with Crippen molar-refractivity contribution in [2.24, 2.45) is 0 Å². The van der Waals surface area contributed by atoms with E-state index in [1.807, 2.05) is 6.08 Å². The second kappa shape index (κ2) is 7.48. The number of rotatable bonds is 8. The zero-order valence-corrected chi connectivity index (χ0v) is 10.2. The summed E-state index contributed by atoms with van der Waals surface area (Å²) in [5, 5.41) is 8.92. The first kappa shape index (κ1) is 14.2. The lowest BCUT2D eigenvalue weighted by Gasteiger charge is -2.08. The summed E-state index contributed by atoms with van der Waals surface area (Å²) in [5.41, 5.74) is -0.0116. The van der Waals surface area contributed by atoms with Gasteiger partial charge in [-0.1, -0.05) is 6.08 Å². The van der Waals surface area contributed by atoms with Crippen molar-refractivity contribution in [2.45, 2.75) is 25.7 Å². The number of carboxylic acid groups (broad SMARTS) is 1. The average Bonchev–Trinajstić information content (AvgIpc) is 2.33. The minimum absolute atomic E-state index is 0.0116. The molecular formula is C14H17FO3. The smallest absolute Gasteiger partial charge is 0.339 e. The van der Waals surface area contributed by atoms with Gasteiger partial charge in [0.2, 0.25) is 0 Å². The van der Waals surface area contributed by atoms with Crippen LogP contribution in [0, 0.1) is 5.82 Å². The first-order valence-corrected chi connectivity index (χ1v) is 5.91. The highest BCUT2D eigenvalue weighted by Gasteiger charge is 2.11. The number of unbranched alkanes of at least 4 members (excludes halogenated alkanes) is 3. The van der Waals surface area contributed by atoms with Crippen molar-refractivity contribution < 1.29 is 19.0 Å². The molecule has 18 heavy (non-hydrogen) atoms. The normalized spacial score (nSPS) is 10.1. The number of hydrogen-bond donors (Lipinski definition) is 1. The maximum absolute atomic E-state index is 13.0. The predicted molar refractivity (Wildman–Crippen MR) is 67.5 cm³/mol. The Bertz CT molecular complexity index is 416. The first-order valence-electron chi connectivity index (χ1n) is 5.91. The second-order valence-corrected chi connectivity index (χ2v) is 3.93. The van der Waals surface area contributed by atoms with Crippen LogP contribution in [0.1, 0.15) is 36.0 Å². The van der Waals surface area contributed by atoms with E-state index in [4.69, 9.17) is 9.84 Å². The molecule has 0 radical (unpaired) electrons. The molecule has 0 fully saturated rings. The highest BCUT2D eigenvalue weighted by atomic mass is 19.1. The summed E-state index contributed by atoms with van der Waals surface area (Å²) in [6.07, 6.45) is 5.63. The number of halogens is 1. The van der Waals surface area contributed by atoms with Gasteiger partial charge in [0.05, 0.1) is 6.61 Å². The van der Waals surface area contributed by atoms with E-state index in [0.717, 1.165) is 37.8 Å². The fourth-order valence-corrected chi connectivity index (χ4v) is 1.54. The van der Waals surface area contributed by atoms with Gasteiger partial charge in [-0.2, -0.15) is 0 Å². The van der Waals surface area contributed by atoms with Gasteiger partial charge in [-0.05, 0) is 37.8 Å². The van der Waals surface area contributed by atoms with Crippen molar-refractivity contribution in [1.29, 1.82) is 0 Å². The Labute approximate surface area is 106 Å². The highest BCUT2D eigenvalue weighted by Crippen LogP contribution is 2.20. The van der Waals surface area contributed by atoms with E-state index >= 15 is 0 Å². The third kappa shape index (κ3) is 4.57. The van der Waals surface area contributed by atoms with Gasteiger partial charge < -0.3 is 9.84 Å². The number of ether oxygens (including phenoxy) is 1. The third-order valence-corrected chi connectivity index (χ3v) is 2.48. The van der Waals surface area contributed by atoms with Gasteiger partial charge in [0.1, 0.15) is 17.1 Å². The van der Waals surface area contributed by atoms with Crippen LogP contribution in [0.2, 0.25) is 0 Å². The zero-order chi connectivity index (χ0) is 13.4. The summed E-state index contributed by atoms with van der Waals surface area (Å²) >= 11 is 0. The summed E-state index contributed by atoms with van der Waals surface area (Å²) in [7, 11) is 0. The van der Waals surface area contributed by atoms with E-state index < -0.39 is 11.8 Å². The largest absolute Gasteiger partial charge is 0.493 e. The molecule has 0 aliphatic rings. The fraction of sp³-hybridized carbons (Fsp3) is 0.357. The SMILES string of the molecule is C=CCCCCCOc1cc(F)ccc1C(=O)O. The number of benzene rings is 1. The van der Waals surface area contributed by atoms with Crippen LogP contribution in [0.4, 0.5) is 4.39 Å². The lowest BCUT2D eigenvalue weighted by molar-refractivity contribution is 0.0692.